The van der Waals surface area contributed by atoms with Gasteiger partial charge in [0.1, 0.15) is 18.1 Å². The van der Waals surface area contributed by atoms with Crippen LogP contribution in [-0.2, 0) is 25.6 Å². The fourth-order valence-corrected chi connectivity index (χ4v) is 4.20. The molecule has 0 saturated carbocycles. The van der Waals surface area contributed by atoms with Crippen LogP contribution in [0.2, 0.25) is 0 Å². The van der Waals surface area contributed by atoms with Gasteiger partial charge in [-0.3, -0.25) is 19.2 Å². The average Bonchev–Trinajstić information content (AvgIpc) is 2.87. The van der Waals surface area contributed by atoms with Crippen LogP contribution in [0.3, 0.4) is 0 Å². The van der Waals surface area contributed by atoms with E-state index in [2.05, 4.69) is 16.0 Å². The van der Waals surface area contributed by atoms with Crippen molar-refractivity contribution in [2.24, 2.45) is 29.4 Å². The van der Waals surface area contributed by atoms with Crippen LogP contribution < -0.4 is 21.7 Å². The van der Waals surface area contributed by atoms with E-state index in [-0.39, 0.29) is 35.5 Å². The Morgan fingerprint density at radius 3 is 1.79 bits per heavy atom. The molecule has 39 heavy (non-hydrogen) atoms. The first-order valence-corrected chi connectivity index (χ1v) is 14.1. The van der Waals surface area contributed by atoms with E-state index < -0.39 is 36.0 Å². The normalized spacial score (nSPS) is 14.6. The fourth-order valence-electron chi connectivity index (χ4n) is 4.20. The van der Waals surface area contributed by atoms with Gasteiger partial charge in [0.15, 0.2) is 0 Å². The summed E-state index contributed by atoms with van der Waals surface area (Å²) in [4.78, 5) is 54.2. The van der Waals surface area contributed by atoms with Crippen molar-refractivity contribution in [3.8, 4) is 0 Å². The van der Waals surface area contributed by atoms with Crippen LogP contribution in [0.5, 0.6) is 0 Å². The molecule has 0 saturated heterocycles. The molecule has 0 fully saturated rings. The Morgan fingerprint density at radius 2 is 1.31 bits per heavy atom. The number of benzene rings is 1. The van der Waals surface area contributed by atoms with Crippen molar-refractivity contribution in [1.29, 1.82) is 0 Å². The predicted octanol–water partition coefficient (Wildman–Crippen LogP) is 2.48. The Bertz CT molecular complexity index is 933. The summed E-state index contributed by atoms with van der Waals surface area (Å²) < 4.78 is 0. The van der Waals surface area contributed by atoms with Crippen LogP contribution in [0.4, 0.5) is 0 Å². The molecular formula is C30H51N5O4. The second-order valence-corrected chi connectivity index (χ2v) is 11.9. The minimum absolute atomic E-state index is 0.0862. The summed E-state index contributed by atoms with van der Waals surface area (Å²) in [5.74, 6) is -1.79. The zero-order chi connectivity index (χ0) is 29.9. The summed E-state index contributed by atoms with van der Waals surface area (Å²) in [6, 6.07) is 6.71. The molecule has 4 atom stereocenters. The van der Waals surface area contributed by atoms with E-state index in [1.54, 1.807) is 7.05 Å². The molecule has 1 aromatic carbocycles. The maximum absolute atomic E-state index is 13.6. The highest BCUT2D eigenvalue weighted by Gasteiger charge is 2.36. The fraction of sp³-hybridized carbons (Fsp3) is 0.667. The largest absolute Gasteiger partial charge is 0.354 e. The van der Waals surface area contributed by atoms with Gasteiger partial charge in [0.05, 0.1) is 6.04 Å². The molecular weight excluding hydrogens is 494 g/mol. The molecule has 9 nitrogen and oxygen atoms in total. The molecule has 1 rings (SSSR count). The first kappa shape index (κ1) is 34.1. The number of likely N-dealkylation sites (N-methyl/N-ethyl adjacent to an activating group) is 1. The molecule has 0 spiro atoms. The van der Waals surface area contributed by atoms with Crippen LogP contribution in [-0.4, -0.2) is 66.3 Å². The average molecular weight is 546 g/mol. The van der Waals surface area contributed by atoms with Crippen molar-refractivity contribution < 1.29 is 19.2 Å². The zero-order valence-electron chi connectivity index (χ0n) is 25.3. The lowest BCUT2D eigenvalue weighted by Crippen LogP contribution is -2.60. The number of nitrogens with zero attached hydrogens (tertiary/aromatic N) is 1. The van der Waals surface area contributed by atoms with Gasteiger partial charge in [0.25, 0.3) is 0 Å². The van der Waals surface area contributed by atoms with Crippen molar-refractivity contribution in [1.82, 2.24) is 20.9 Å². The summed E-state index contributed by atoms with van der Waals surface area (Å²) in [5.41, 5.74) is 7.11. The Kier molecular flexibility index (Phi) is 14.2. The van der Waals surface area contributed by atoms with Crippen molar-refractivity contribution in [2.45, 2.75) is 92.4 Å². The zero-order valence-corrected chi connectivity index (χ0v) is 25.3. The maximum atomic E-state index is 13.6. The number of nitrogens with two attached hydrogens (primary N) is 1. The number of carbonyl (C=O) groups excluding carboxylic acids is 4. The van der Waals surface area contributed by atoms with Gasteiger partial charge in [-0.25, -0.2) is 0 Å². The van der Waals surface area contributed by atoms with Gasteiger partial charge in [0, 0.05) is 13.6 Å². The van der Waals surface area contributed by atoms with E-state index in [1.807, 2.05) is 85.7 Å². The third-order valence-electron chi connectivity index (χ3n) is 6.87. The van der Waals surface area contributed by atoms with Crippen LogP contribution >= 0.6 is 0 Å². The second-order valence-electron chi connectivity index (χ2n) is 11.9. The van der Waals surface area contributed by atoms with Gasteiger partial charge in [0.2, 0.25) is 23.6 Å². The SMILES string of the molecule is CC(C)C[C@H](C(=O)N[C@@H](C(=O)NCCc1ccccc1)C(C)C)N(C)C(=O)[C@H](NC(=O)[C@H](N)C(C)C)C(C)C. The van der Waals surface area contributed by atoms with E-state index >= 15 is 0 Å². The van der Waals surface area contributed by atoms with Gasteiger partial charge in [-0.05, 0) is 42.1 Å². The number of nitrogens with one attached hydrogen (secondary N) is 3. The molecule has 0 aliphatic heterocycles. The Balaban J connectivity index is 3.02. The smallest absolute Gasteiger partial charge is 0.245 e. The van der Waals surface area contributed by atoms with E-state index in [1.165, 1.54) is 4.90 Å². The molecule has 0 radical (unpaired) electrons. The maximum Gasteiger partial charge on any atom is 0.245 e. The predicted molar refractivity (Wildman–Crippen MR) is 156 cm³/mol. The van der Waals surface area contributed by atoms with Gasteiger partial charge in [-0.15, -0.1) is 0 Å². The quantitative estimate of drug-likeness (QED) is 0.269. The minimum Gasteiger partial charge on any atom is -0.354 e. The minimum atomic E-state index is -0.836. The third-order valence-corrected chi connectivity index (χ3v) is 6.87. The van der Waals surface area contributed by atoms with Crippen LogP contribution in [0, 0.1) is 23.7 Å². The Morgan fingerprint density at radius 1 is 0.769 bits per heavy atom. The van der Waals surface area contributed by atoms with Gasteiger partial charge < -0.3 is 26.6 Å². The summed E-state index contributed by atoms with van der Waals surface area (Å²) in [6.07, 6.45) is 1.08. The standard InChI is InChI=1S/C30H51N5O4/c1-18(2)17-23(35(9)30(39)26(21(7)8)34-28(37)24(31)19(3)4)27(36)33-25(20(5)6)29(38)32-16-15-22-13-11-10-12-14-22/h10-14,18-21,23-26H,15-17,31H2,1-9H3,(H,32,38)(H,33,36)(H,34,37)/t23-,24-,25-,26-/m1/s1. The lowest BCUT2D eigenvalue weighted by atomic mass is 9.96. The number of hydrogen-bond acceptors (Lipinski definition) is 5. The van der Waals surface area contributed by atoms with Gasteiger partial charge >= 0.3 is 0 Å². The lowest BCUT2D eigenvalue weighted by Gasteiger charge is -2.34. The number of carbonyl (C=O) groups is 4. The summed E-state index contributed by atoms with van der Waals surface area (Å²) >= 11 is 0. The topological polar surface area (TPSA) is 134 Å². The summed E-state index contributed by atoms with van der Waals surface area (Å²) in [5, 5.41) is 8.61. The molecule has 4 amide bonds. The molecule has 0 bridgehead atoms. The Labute approximate surface area is 235 Å². The summed E-state index contributed by atoms with van der Waals surface area (Å²) in [6.45, 7) is 15.5. The van der Waals surface area contributed by atoms with Crippen LogP contribution in [0.1, 0.15) is 67.4 Å². The first-order valence-electron chi connectivity index (χ1n) is 14.1. The van der Waals surface area contributed by atoms with Crippen LogP contribution in [0.25, 0.3) is 0 Å². The van der Waals surface area contributed by atoms with E-state index in [4.69, 9.17) is 5.73 Å². The molecule has 220 valence electrons. The second kappa shape index (κ2) is 16.2. The van der Waals surface area contributed by atoms with Gasteiger partial charge in [-0.1, -0.05) is 85.7 Å². The molecule has 9 heteroatoms. The highest BCUT2D eigenvalue weighted by atomic mass is 16.2. The van der Waals surface area contributed by atoms with Gasteiger partial charge in [-0.2, -0.15) is 0 Å². The van der Waals surface area contributed by atoms with Crippen molar-refractivity contribution in [2.75, 3.05) is 13.6 Å². The monoisotopic (exact) mass is 545 g/mol. The number of amides is 4. The van der Waals surface area contributed by atoms with E-state index in [0.29, 0.717) is 19.4 Å². The van der Waals surface area contributed by atoms with Crippen molar-refractivity contribution >= 4 is 23.6 Å². The molecule has 0 heterocycles. The highest BCUT2D eigenvalue weighted by molar-refractivity contribution is 5.95. The number of hydrogen-bond donors (Lipinski definition) is 4. The van der Waals surface area contributed by atoms with E-state index in [0.717, 1.165) is 5.56 Å². The van der Waals surface area contributed by atoms with Crippen molar-refractivity contribution in [3.05, 3.63) is 35.9 Å². The Hall–Kier alpha value is -2.94. The van der Waals surface area contributed by atoms with E-state index in [9.17, 15) is 19.2 Å². The highest BCUT2D eigenvalue weighted by Crippen LogP contribution is 2.16. The van der Waals surface area contributed by atoms with Crippen molar-refractivity contribution in [3.63, 3.8) is 0 Å². The molecule has 0 unspecified atom stereocenters. The first-order chi connectivity index (χ1) is 18.2. The lowest BCUT2D eigenvalue weighted by molar-refractivity contribution is -0.144. The molecule has 0 aliphatic rings. The molecule has 1 aromatic rings. The molecule has 0 aromatic heterocycles. The molecule has 0 aliphatic carbocycles. The van der Waals surface area contributed by atoms with Crippen LogP contribution in [0.15, 0.2) is 30.3 Å². The molecule has 5 N–H and O–H groups in total. The third kappa shape index (κ3) is 11.0. The number of rotatable bonds is 15. The summed E-state index contributed by atoms with van der Waals surface area (Å²) in [7, 11) is 1.57.